The molecule has 8 heteroatoms. The molecular formula is C28H45N3O4S. The average Bonchev–Trinajstić information content (AvgIpc) is 3.40. The second-order valence-electron chi connectivity index (χ2n) is 11.8. The number of carbonyl (C=O) groups excluding carboxylic acids is 3. The Kier molecular flexibility index (Phi) is 8.41. The third kappa shape index (κ3) is 4.32. The van der Waals surface area contributed by atoms with Crippen LogP contribution in [0.5, 0.6) is 0 Å². The summed E-state index contributed by atoms with van der Waals surface area (Å²) in [6, 6.07) is -1.23. The Morgan fingerprint density at radius 1 is 1.25 bits per heavy atom. The molecule has 7 nitrogen and oxygen atoms in total. The van der Waals surface area contributed by atoms with Crippen molar-refractivity contribution in [1.82, 2.24) is 14.7 Å². The summed E-state index contributed by atoms with van der Waals surface area (Å²) in [4.78, 5) is 47.7. The number of likely N-dealkylation sites (N-methyl/N-ethyl adjacent to an activating group) is 1. The molecule has 1 spiro atoms. The van der Waals surface area contributed by atoms with Crippen LogP contribution in [0.25, 0.3) is 0 Å². The van der Waals surface area contributed by atoms with Crippen LogP contribution in [0.4, 0.5) is 0 Å². The molecule has 3 amide bonds. The van der Waals surface area contributed by atoms with E-state index >= 15 is 0 Å². The van der Waals surface area contributed by atoms with Crippen molar-refractivity contribution in [3.05, 3.63) is 25.3 Å². The first kappa shape index (κ1) is 28.8. The zero-order valence-electron chi connectivity index (χ0n) is 23.1. The van der Waals surface area contributed by atoms with E-state index < -0.39 is 34.2 Å². The minimum atomic E-state index is -0.743. The Morgan fingerprint density at radius 2 is 1.86 bits per heavy atom. The van der Waals surface area contributed by atoms with Gasteiger partial charge in [-0.25, -0.2) is 0 Å². The zero-order valence-corrected chi connectivity index (χ0v) is 23.9. The molecule has 202 valence electrons. The molecular weight excluding hydrogens is 474 g/mol. The zero-order chi connectivity index (χ0) is 27.2. The normalized spacial score (nSPS) is 32.7. The lowest BCUT2D eigenvalue weighted by Crippen LogP contribution is -2.62. The highest BCUT2D eigenvalue weighted by atomic mass is 32.2. The van der Waals surface area contributed by atoms with Gasteiger partial charge in [-0.1, -0.05) is 39.3 Å². The Balaban J connectivity index is 2.20. The SMILES string of the molecule is C=CCN(C)C(=O)[C@@H]1[C@@H]2CC(C)C3(S2)C(C(=O)N(CC=C)C(C)(C)C)N([C@@H](CO)[C@@H](C)CC)C(=O)[C@H]13. The number of fused-ring (bicyclic) bond motifs is 1. The average molecular weight is 520 g/mol. The molecule has 0 radical (unpaired) electrons. The minimum absolute atomic E-state index is 0.00191. The molecule has 0 saturated carbocycles. The molecule has 1 N–H and O–H groups in total. The second kappa shape index (κ2) is 10.5. The number of rotatable bonds is 10. The molecule has 2 bridgehead atoms. The first-order chi connectivity index (χ1) is 16.8. The number of hydrogen-bond acceptors (Lipinski definition) is 5. The Hall–Kier alpha value is -1.80. The highest BCUT2D eigenvalue weighted by Crippen LogP contribution is 2.69. The maximum Gasteiger partial charge on any atom is 0.247 e. The number of carbonyl (C=O) groups is 3. The first-order valence-electron chi connectivity index (χ1n) is 13.2. The fourth-order valence-corrected chi connectivity index (χ4v) is 9.10. The van der Waals surface area contributed by atoms with E-state index in [1.165, 1.54) is 0 Å². The lowest BCUT2D eigenvalue weighted by Gasteiger charge is -2.45. The molecule has 3 aliphatic rings. The summed E-state index contributed by atoms with van der Waals surface area (Å²) in [5.74, 6) is -1.33. The van der Waals surface area contributed by atoms with Gasteiger partial charge in [0.15, 0.2) is 0 Å². The Bertz CT molecular complexity index is 902. The van der Waals surface area contributed by atoms with Gasteiger partial charge in [0.1, 0.15) is 6.04 Å². The molecule has 3 rings (SSSR count). The highest BCUT2D eigenvalue weighted by molar-refractivity contribution is 8.02. The van der Waals surface area contributed by atoms with Crippen molar-refractivity contribution in [3.63, 3.8) is 0 Å². The van der Waals surface area contributed by atoms with E-state index in [9.17, 15) is 19.5 Å². The van der Waals surface area contributed by atoms with Gasteiger partial charge in [-0.05, 0) is 39.0 Å². The smallest absolute Gasteiger partial charge is 0.247 e. The summed E-state index contributed by atoms with van der Waals surface area (Å²) < 4.78 is -0.709. The Labute approximate surface area is 221 Å². The molecule has 0 aromatic heterocycles. The molecule has 0 aromatic carbocycles. The fourth-order valence-electron chi connectivity index (χ4n) is 6.70. The third-order valence-corrected chi connectivity index (χ3v) is 10.8. The van der Waals surface area contributed by atoms with Crippen LogP contribution >= 0.6 is 11.8 Å². The van der Waals surface area contributed by atoms with Crippen LogP contribution in [-0.2, 0) is 14.4 Å². The van der Waals surface area contributed by atoms with Crippen molar-refractivity contribution in [3.8, 4) is 0 Å². The van der Waals surface area contributed by atoms with E-state index in [-0.39, 0.29) is 41.4 Å². The van der Waals surface area contributed by atoms with E-state index in [1.54, 1.807) is 45.7 Å². The fraction of sp³-hybridized carbons (Fsp3) is 0.750. The molecule has 0 aromatic rings. The summed E-state index contributed by atoms with van der Waals surface area (Å²) in [5, 5.41) is 10.5. The number of aliphatic hydroxyl groups excluding tert-OH is 1. The van der Waals surface area contributed by atoms with Crippen molar-refractivity contribution in [2.24, 2.45) is 23.7 Å². The summed E-state index contributed by atoms with van der Waals surface area (Å²) in [6.07, 6.45) is 4.96. The van der Waals surface area contributed by atoms with Crippen LogP contribution < -0.4 is 0 Å². The summed E-state index contributed by atoms with van der Waals surface area (Å²) >= 11 is 1.68. The van der Waals surface area contributed by atoms with Gasteiger partial charge < -0.3 is 19.8 Å². The quantitative estimate of drug-likeness (QED) is 0.449. The van der Waals surface area contributed by atoms with Crippen LogP contribution in [0.15, 0.2) is 25.3 Å². The molecule has 0 aliphatic carbocycles. The number of aliphatic hydroxyl groups is 1. The van der Waals surface area contributed by atoms with Crippen LogP contribution in [-0.4, -0.2) is 91.9 Å². The van der Waals surface area contributed by atoms with Crippen molar-refractivity contribution >= 4 is 29.5 Å². The van der Waals surface area contributed by atoms with Gasteiger partial charge in [-0.15, -0.1) is 24.9 Å². The van der Waals surface area contributed by atoms with E-state index in [0.717, 1.165) is 12.8 Å². The van der Waals surface area contributed by atoms with Crippen molar-refractivity contribution in [1.29, 1.82) is 0 Å². The molecule has 3 unspecified atom stereocenters. The predicted octanol–water partition coefficient (Wildman–Crippen LogP) is 3.19. The topological polar surface area (TPSA) is 81.2 Å². The van der Waals surface area contributed by atoms with Crippen molar-refractivity contribution in [2.45, 2.75) is 82.0 Å². The lowest BCUT2D eigenvalue weighted by molar-refractivity contribution is -0.149. The molecule has 36 heavy (non-hydrogen) atoms. The number of likely N-dealkylation sites (tertiary alicyclic amines) is 1. The van der Waals surface area contributed by atoms with Crippen LogP contribution in [0.2, 0.25) is 0 Å². The van der Waals surface area contributed by atoms with E-state index in [4.69, 9.17) is 0 Å². The number of amides is 3. The standard InChI is InChI=1S/C28H45N3O4S/c1-10-13-29(9)24(33)21-20-15-18(5)28(36-20)22(21)25(34)31(19(16-32)17(4)12-3)23(28)26(35)30(14-11-2)27(6,7)8/h10-11,17-23,32H,1-2,12-16H2,3-9H3/t17-,18?,19-,20-,21+,22-,23?,28?/m0/s1. The molecule has 8 atom stereocenters. The minimum Gasteiger partial charge on any atom is -0.394 e. The van der Waals surface area contributed by atoms with Gasteiger partial charge in [-0.2, -0.15) is 0 Å². The first-order valence-corrected chi connectivity index (χ1v) is 14.1. The van der Waals surface area contributed by atoms with Crippen molar-refractivity contribution < 1.29 is 19.5 Å². The lowest BCUT2D eigenvalue weighted by atomic mass is 9.65. The van der Waals surface area contributed by atoms with Crippen LogP contribution in [0.1, 0.15) is 54.4 Å². The molecule has 3 heterocycles. The molecule has 3 saturated heterocycles. The largest absolute Gasteiger partial charge is 0.394 e. The van der Waals surface area contributed by atoms with Crippen LogP contribution in [0, 0.1) is 23.7 Å². The van der Waals surface area contributed by atoms with Crippen molar-refractivity contribution in [2.75, 3.05) is 26.7 Å². The second-order valence-corrected chi connectivity index (χ2v) is 13.4. The summed E-state index contributed by atoms with van der Waals surface area (Å²) in [7, 11) is 1.75. The maximum absolute atomic E-state index is 14.5. The van der Waals surface area contributed by atoms with Gasteiger partial charge in [0.25, 0.3) is 0 Å². The number of thioether (sulfide) groups is 1. The van der Waals surface area contributed by atoms with Crippen LogP contribution in [0.3, 0.4) is 0 Å². The third-order valence-electron chi connectivity index (χ3n) is 8.71. The summed E-state index contributed by atoms with van der Waals surface area (Å²) in [5.41, 5.74) is -0.482. The molecule has 3 aliphatic heterocycles. The highest BCUT2D eigenvalue weighted by Gasteiger charge is 2.77. The van der Waals surface area contributed by atoms with Gasteiger partial charge in [0, 0.05) is 30.9 Å². The molecule has 3 fully saturated rings. The van der Waals surface area contributed by atoms with E-state index in [0.29, 0.717) is 13.1 Å². The van der Waals surface area contributed by atoms with Gasteiger partial charge in [0.2, 0.25) is 17.7 Å². The van der Waals surface area contributed by atoms with Gasteiger partial charge in [0.05, 0.1) is 29.2 Å². The maximum atomic E-state index is 14.5. The van der Waals surface area contributed by atoms with Gasteiger partial charge >= 0.3 is 0 Å². The van der Waals surface area contributed by atoms with E-state index in [2.05, 4.69) is 20.1 Å². The number of nitrogens with zero attached hydrogens (tertiary/aromatic N) is 3. The van der Waals surface area contributed by atoms with Gasteiger partial charge in [-0.3, -0.25) is 14.4 Å². The predicted molar refractivity (Wildman–Crippen MR) is 145 cm³/mol. The number of hydrogen-bond donors (Lipinski definition) is 1. The monoisotopic (exact) mass is 519 g/mol. The summed E-state index contributed by atoms with van der Waals surface area (Å²) in [6.45, 7) is 20.3. The Morgan fingerprint density at radius 3 is 2.36 bits per heavy atom. The van der Waals surface area contributed by atoms with E-state index in [1.807, 2.05) is 34.6 Å².